The highest BCUT2D eigenvalue weighted by Crippen LogP contribution is 2.43. The molecule has 3 unspecified atom stereocenters. The number of unbranched alkanes of at least 4 members (excludes halogenated alkanes) is 40. The van der Waals surface area contributed by atoms with Crippen molar-refractivity contribution in [1.82, 2.24) is 5.32 Å². The summed E-state index contributed by atoms with van der Waals surface area (Å²) in [5.74, 6) is -0.175. The number of nitrogens with zero attached hydrogens (tertiary/aromatic N) is 1. The fourth-order valence-electron chi connectivity index (χ4n) is 9.25. The largest absolute Gasteiger partial charge is 0.472 e. The van der Waals surface area contributed by atoms with Crippen LogP contribution in [0.5, 0.6) is 0 Å². The molecule has 0 bridgehead atoms. The number of quaternary nitrogens is 1. The topological polar surface area (TPSA) is 105 Å². The number of aliphatic hydroxyl groups excluding tert-OH is 1. The highest BCUT2D eigenvalue weighted by atomic mass is 31.2. The molecule has 0 aliphatic rings. The van der Waals surface area contributed by atoms with E-state index in [1.54, 1.807) is 6.08 Å². The number of phosphoric ester groups is 1. The standard InChI is InChI=1S/C62H121N2O6P/c1-6-8-10-12-14-16-18-20-22-24-26-28-30-31-32-34-35-37-39-41-43-45-47-49-51-53-55-61(65)60(59-70-71(67,68)69-58-57-64(3,4)5)63-62(66)56-54-52-50-48-46-44-42-40-38-36-33-29-27-25-23-21-19-17-15-13-11-9-7-2/h19,21,25,27,53,55,60-61,65H,6-18,20,22-24,26,28-52,54,56-59H2,1-5H3,(H-,63,66,67,68)/p+1/b21-19-,27-25-,55-53+. The first-order valence-electron chi connectivity index (χ1n) is 30.9. The second kappa shape index (κ2) is 53.5. The molecule has 0 saturated carbocycles. The number of amides is 1. The normalized spacial score (nSPS) is 14.1. The average Bonchev–Trinajstić information content (AvgIpc) is 3.33. The van der Waals surface area contributed by atoms with E-state index in [4.69, 9.17) is 9.05 Å². The Balaban J connectivity index is 4.16. The number of hydrogen-bond acceptors (Lipinski definition) is 5. The van der Waals surface area contributed by atoms with Crippen LogP contribution in [0.15, 0.2) is 36.5 Å². The van der Waals surface area contributed by atoms with Crippen molar-refractivity contribution in [3.63, 3.8) is 0 Å². The number of carbonyl (C=O) groups is 1. The maximum atomic E-state index is 13.0. The molecule has 0 aromatic carbocycles. The van der Waals surface area contributed by atoms with Gasteiger partial charge in [0.05, 0.1) is 39.9 Å². The lowest BCUT2D eigenvalue weighted by Crippen LogP contribution is -2.45. The van der Waals surface area contributed by atoms with E-state index in [-0.39, 0.29) is 19.1 Å². The first-order valence-corrected chi connectivity index (χ1v) is 32.4. The van der Waals surface area contributed by atoms with Crippen LogP contribution in [0.1, 0.15) is 303 Å². The van der Waals surface area contributed by atoms with Crippen LogP contribution in [-0.2, 0) is 18.4 Å². The lowest BCUT2D eigenvalue weighted by Gasteiger charge is -2.25. The molecule has 1 amide bonds. The molecular weight excluding hydrogens is 900 g/mol. The van der Waals surface area contributed by atoms with E-state index in [0.717, 1.165) is 44.9 Å². The van der Waals surface area contributed by atoms with Crippen molar-refractivity contribution < 1.29 is 32.9 Å². The fourth-order valence-corrected chi connectivity index (χ4v) is 9.99. The Labute approximate surface area is 442 Å². The van der Waals surface area contributed by atoms with Gasteiger partial charge in [0.25, 0.3) is 0 Å². The number of hydrogen-bond donors (Lipinski definition) is 3. The van der Waals surface area contributed by atoms with Gasteiger partial charge in [-0.3, -0.25) is 13.8 Å². The number of aliphatic hydroxyl groups is 1. The SMILES string of the molecule is CCCCCCC/C=C\C/C=C\CCCCCCCCCCCCCC(=O)NC(COP(=O)(O)OCC[N+](C)(C)C)C(O)/C=C/CCCCCCCCCCCCCCCCCCCCCCCCCC. The average molecular weight is 1020 g/mol. The summed E-state index contributed by atoms with van der Waals surface area (Å²) in [6.45, 7) is 4.85. The minimum absolute atomic E-state index is 0.0618. The van der Waals surface area contributed by atoms with Crippen molar-refractivity contribution in [2.75, 3.05) is 40.9 Å². The molecule has 8 nitrogen and oxygen atoms in total. The van der Waals surface area contributed by atoms with Crippen LogP contribution in [-0.4, -0.2) is 73.4 Å². The Kier molecular flexibility index (Phi) is 52.6. The van der Waals surface area contributed by atoms with Crippen LogP contribution in [0.25, 0.3) is 0 Å². The van der Waals surface area contributed by atoms with E-state index in [0.29, 0.717) is 17.4 Å². The van der Waals surface area contributed by atoms with Crippen molar-refractivity contribution in [2.45, 2.75) is 315 Å². The number of carbonyl (C=O) groups excluding carboxylic acids is 1. The van der Waals surface area contributed by atoms with Crippen molar-refractivity contribution in [3.05, 3.63) is 36.5 Å². The fraction of sp³-hybridized carbons (Fsp3) is 0.887. The second-order valence-electron chi connectivity index (χ2n) is 22.4. The van der Waals surface area contributed by atoms with E-state index in [2.05, 4.69) is 43.5 Å². The van der Waals surface area contributed by atoms with Gasteiger partial charge in [0.15, 0.2) is 0 Å². The van der Waals surface area contributed by atoms with Crippen molar-refractivity contribution in [1.29, 1.82) is 0 Å². The summed E-state index contributed by atoms with van der Waals surface area (Å²) in [7, 11) is 1.58. The van der Waals surface area contributed by atoms with E-state index < -0.39 is 20.0 Å². The summed E-state index contributed by atoms with van der Waals surface area (Å²) < 4.78 is 23.8. The minimum Gasteiger partial charge on any atom is -0.387 e. The smallest absolute Gasteiger partial charge is 0.387 e. The highest BCUT2D eigenvalue weighted by molar-refractivity contribution is 7.47. The van der Waals surface area contributed by atoms with E-state index >= 15 is 0 Å². The quantitative estimate of drug-likeness (QED) is 0.0243. The molecule has 0 fully saturated rings. The van der Waals surface area contributed by atoms with Crippen LogP contribution in [0, 0.1) is 0 Å². The molecule has 0 aromatic rings. The Morgan fingerprint density at radius 1 is 0.479 bits per heavy atom. The number of likely N-dealkylation sites (N-methyl/N-ethyl adjacent to an activating group) is 1. The zero-order valence-corrected chi connectivity index (χ0v) is 48.9. The summed E-state index contributed by atoms with van der Waals surface area (Å²) in [6, 6.07) is -0.848. The van der Waals surface area contributed by atoms with Crippen molar-refractivity contribution in [3.8, 4) is 0 Å². The molecule has 3 N–H and O–H groups in total. The Morgan fingerprint density at radius 2 is 0.803 bits per heavy atom. The molecule has 0 aliphatic carbocycles. The summed E-state index contributed by atoms with van der Waals surface area (Å²) in [5, 5.41) is 14.0. The maximum absolute atomic E-state index is 13.0. The van der Waals surface area contributed by atoms with Crippen LogP contribution in [0.2, 0.25) is 0 Å². The summed E-state index contributed by atoms with van der Waals surface area (Å²) >= 11 is 0. The zero-order valence-electron chi connectivity index (χ0n) is 48.0. The monoisotopic (exact) mass is 1020 g/mol. The zero-order chi connectivity index (χ0) is 52.0. The third-order valence-corrected chi connectivity index (χ3v) is 15.1. The Bertz CT molecular complexity index is 1250. The molecule has 0 saturated heterocycles. The molecule has 420 valence electrons. The molecule has 0 radical (unpaired) electrons. The summed E-state index contributed by atoms with van der Waals surface area (Å²) in [4.78, 5) is 23.3. The van der Waals surface area contributed by atoms with Gasteiger partial charge >= 0.3 is 7.82 Å². The molecule has 9 heteroatoms. The van der Waals surface area contributed by atoms with Gasteiger partial charge in [-0.05, 0) is 51.4 Å². The summed E-state index contributed by atoms with van der Waals surface area (Å²) in [6.07, 6.45) is 69.7. The van der Waals surface area contributed by atoms with Crippen LogP contribution < -0.4 is 5.32 Å². The lowest BCUT2D eigenvalue weighted by molar-refractivity contribution is -0.870. The Hall–Kier alpha value is -1.28. The summed E-state index contributed by atoms with van der Waals surface area (Å²) in [5.41, 5.74) is 0. The molecule has 0 aromatic heterocycles. The molecule has 0 aliphatic heterocycles. The first kappa shape index (κ1) is 69.7. The van der Waals surface area contributed by atoms with Gasteiger partial charge < -0.3 is 19.8 Å². The van der Waals surface area contributed by atoms with Gasteiger partial charge in [0.2, 0.25) is 5.91 Å². The first-order chi connectivity index (χ1) is 34.5. The molecule has 71 heavy (non-hydrogen) atoms. The van der Waals surface area contributed by atoms with Crippen LogP contribution >= 0.6 is 7.82 Å². The minimum atomic E-state index is -4.35. The van der Waals surface area contributed by atoms with Crippen LogP contribution in [0.4, 0.5) is 0 Å². The molecule has 3 atom stereocenters. The van der Waals surface area contributed by atoms with Gasteiger partial charge in [-0.25, -0.2) is 4.57 Å². The lowest BCUT2D eigenvalue weighted by atomic mass is 10.0. The maximum Gasteiger partial charge on any atom is 0.472 e. The molecule has 0 heterocycles. The third kappa shape index (κ3) is 56.3. The molecule has 0 rings (SSSR count). The van der Waals surface area contributed by atoms with Crippen LogP contribution in [0.3, 0.4) is 0 Å². The van der Waals surface area contributed by atoms with E-state index in [1.807, 2.05) is 27.2 Å². The predicted molar refractivity (Wildman–Crippen MR) is 309 cm³/mol. The van der Waals surface area contributed by atoms with Gasteiger partial charge in [0, 0.05) is 6.42 Å². The van der Waals surface area contributed by atoms with Gasteiger partial charge in [-0.1, -0.05) is 281 Å². The van der Waals surface area contributed by atoms with Gasteiger partial charge in [-0.15, -0.1) is 0 Å². The van der Waals surface area contributed by atoms with E-state index in [9.17, 15) is 19.4 Å². The van der Waals surface area contributed by atoms with Crippen molar-refractivity contribution >= 4 is 13.7 Å². The van der Waals surface area contributed by atoms with Crippen molar-refractivity contribution in [2.24, 2.45) is 0 Å². The molecule has 0 spiro atoms. The van der Waals surface area contributed by atoms with Gasteiger partial charge in [0.1, 0.15) is 13.2 Å². The Morgan fingerprint density at radius 3 is 1.15 bits per heavy atom. The number of allylic oxidation sites excluding steroid dienone is 5. The highest BCUT2D eigenvalue weighted by Gasteiger charge is 2.27. The third-order valence-electron chi connectivity index (χ3n) is 14.1. The van der Waals surface area contributed by atoms with E-state index in [1.165, 1.54) is 238 Å². The second-order valence-corrected chi connectivity index (χ2v) is 23.9. The number of rotatable bonds is 57. The predicted octanol–water partition coefficient (Wildman–Crippen LogP) is 18.9. The number of nitrogens with one attached hydrogen (secondary N) is 1. The molecular formula is C62H122N2O6P+. The number of phosphoric acid groups is 1. The van der Waals surface area contributed by atoms with Gasteiger partial charge in [-0.2, -0.15) is 0 Å².